The number of hydrogen-bond acceptors (Lipinski definition) is 2. The number of hydrogen-bond donors (Lipinski definition) is 2. The van der Waals surface area contributed by atoms with Crippen LogP contribution < -0.4 is 10.6 Å². The first-order valence-electron chi connectivity index (χ1n) is 7.15. The highest BCUT2D eigenvalue weighted by atomic mass is 16.1. The van der Waals surface area contributed by atoms with Gasteiger partial charge in [-0.3, -0.25) is 4.79 Å². The normalized spacial score (nSPS) is 10.3. The second-order valence-electron chi connectivity index (χ2n) is 5.27. The van der Waals surface area contributed by atoms with Gasteiger partial charge in [0.2, 0.25) is 0 Å². The Morgan fingerprint density at radius 3 is 2.43 bits per heavy atom. The lowest BCUT2D eigenvalue weighted by Gasteiger charge is -2.14. The van der Waals surface area contributed by atoms with Crippen molar-refractivity contribution in [3.05, 3.63) is 64.2 Å². The van der Waals surface area contributed by atoms with Crippen LogP contribution in [-0.2, 0) is 6.54 Å². The van der Waals surface area contributed by atoms with Gasteiger partial charge in [-0.1, -0.05) is 24.3 Å². The van der Waals surface area contributed by atoms with E-state index in [2.05, 4.69) is 42.7 Å². The summed E-state index contributed by atoms with van der Waals surface area (Å²) in [6.45, 7) is 6.98. The largest absolute Gasteiger partial charge is 0.381 e. The summed E-state index contributed by atoms with van der Waals surface area (Å²) in [5, 5.41) is 6.11. The number of benzene rings is 2. The van der Waals surface area contributed by atoms with Crippen LogP contribution in [0.4, 0.5) is 5.69 Å². The van der Waals surface area contributed by atoms with Crippen molar-refractivity contribution in [1.82, 2.24) is 5.32 Å². The predicted octanol–water partition coefficient (Wildman–Crippen LogP) is 3.58. The maximum absolute atomic E-state index is 11.8. The van der Waals surface area contributed by atoms with Crippen LogP contribution >= 0.6 is 0 Å². The van der Waals surface area contributed by atoms with Gasteiger partial charge < -0.3 is 10.6 Å². The van der Waals surface area contributed by atoms with Crippen LogP contribution in [0.2, 0.25) is 0 Å². The Morgan fingerprint density at radius 2 is 1.71 bits per heavy atom. The van der Waals surface area contributed by atoms with Crippen LogP contribution in [0.5, 0.6) is 0 Å². The van der Waals surface area contributed by atoms with Gasteiger partial charge in [0, 0.05) is 24.8 Å². The smallest absolute Gasteiger partial charge is 0.251 e. The molecule has 0 atom stereocenters. The fourth-order valence-corrected chi connectivity index (χ4v) is 2.40. The lowest BCUT2D eigenvalue weighted by atomic mass is 10.0. The third-order valence-corrected chi connectivity index (χ3v) is 3.99. The van der Waals surface area contributed by atoms with E-state index in [1.807, 2.05) is 25.1 Å². The zero-order chi connectivity index (χ0) is 15.4. The molecule has 0 spiro atoms. The van der Waals surface area contributed by atoms with Crippen molar-refractivity contribution in [1.29, 1.82) is 0 Å². The molecule has 2 aromatic rings. The van der Waals surface area contributed by atoms with Crippen LogP contribution in [0.1, 0.15) is 32.6 Å². The van der Waals surface area contributed by atoms with Gasteiger partial charge in [0.1, 0.15) is 0 Å². The van der Waals surface area contributed by atoms with E-state index in [4.69, 9.17) is 0 Å². The SMILES string of the molecule is CNC(=O)c1cccc(NCc2cccc(C)c2C)c1C. The van der Waals surface area contributed by atoms with Crippen molar-refractivity contribution < 1.29 is 4.79 Å². The highest BCUT2D eigenvalue weighted by Crippen LogP contribution is 2.21. The molecule has 21 heavy (non-hydrogen) atoms. The highest BCUT2D eigenvalue weighted by Gasteiger charge is 2.10. The number of rotatable bonds is 4. The maximum Gasteiger partial charge on any atom is 0.251 e. The summed E-state index contributed by atoms with van der Waals surface area (Å²) in [6, 6.07) is 12.1. The lowest BCUT2D eigenvalue weighted by molar-refractivity contribution is 0.0962. The average molecular weight is 282 g/mol. The lowest BCUT2D eigenvalue weighted by Crippen LogP contribution is -2.19. The molecule has 0 aliphatic rings. The molecule has 3 heteroatoms. The van der Waals surface area contributed by atoms with Crippen LogP contribution in [0.3, 0.4) is 0 Å². The Kier molecular flexibility index (Phi) is 4.63. The van der Waals surface area contributed by atoms with Gasteiger partial charge >= 0.3 is 0 Å². The first-order chi connectivity index (χ1) is 10.0. The van der Waals surface area contributed by atoms with E-state index in [1.165, 1.54) is 16.7 Å². The topological polar surface area (TPSA) is 41.1 Å². The van der Waals surface area contributed by atoms with Crippen LogP contribution in [0.15, 0.2) is 36.4 Å². The fraction of sp³-hybridized carbons (Fsp3) is 0.278. The van der Waals surface area contributed by atoms with Crippen LogP contribution in [-0.4, -0.2) is 13.0 Å². The zero-order valence-corrected chi connectivity index (χ0v) is 13.1. The second-order valence-corrected chi connectivity index (χ2v) is 5.27. The van der Waals surface area contributed by atoms with Crippen molar-refractivity contribution in [2.24, 2.45) is 0 Å². The molecule has 2 aromatic carbocycles. The van der Waals surface area contributed by atoms with E-state index in [-0.39, 0.29) is 5.91 Å². The molecule has 2 N–H and O–H groups in total. The molecule has 0 unspecified atom stereocenters. The van der Waals surface area contributed by atoms with Gasteiger partial charge in [0.25, 0.3) is 5.91 Å². The minimum Gasteiger partial charge on any atom is -0.381 e. The highest BCUT2D eigenvalue weighted by molar-refractivity contribution is 5.96. The van der Waals surface area contributed by atoms with Gasteiger partial charge in [-0.15, -0.1) is 0 Å². The fourth-order valence-electron chi connectivity index (χ4n) is 2.40. The average Bonchev–Trinajstić information content (AvgIpc) is 2.49. The number of carbonyl (C=O) groups excluding carboxylic acids is 1. The van der Waals surface area contributed by atoms with Gasteiger partial charge in [-0.05, 0) is 55.2 Å². The van der Waals surface area contributed by atoms with E-state index in [0.717, 1.165) is 17.8 Å². The Hall–Kier alpha value is -2.29. The van der Waals surface area contributed by atoms with E-state index in [1.54, 1.807) is 7.05 Å². The molecule has 110 valence electrons. The Bertz CT molecular complexity index is 662. The molecule has 0 saturated heterocycles. The Balaban J connectivity index is 2.21. The van der Waals surface area contributed by atoms with Crippen LogP contribution in [0.25, 0.3) is 0 Å². The summed E-state index contributed by atoms with van der Waals surface area (Å²) in [5.41, 5.74) is 6.57. The molecule has 0 bridgehead atoms. The number of carbonyl (C=O) groups is 1. The molecule has 3 nitrogen and oxygen atoms in total. The maximum atomic E-state index is 11.8. The number of aryl methyl sites for hydroxylation is 1. The molecular formula is C18H22N2O. The summed E-state index contributed by atoms with van der Waals surface area (Å²) < 4.78 is 0. The third kappa shape index (κ3) is 3.24. The van der Waals surface area contributed by atoms with Gasteiger partial charge in [0.05, 0.1) is 0 Å². The minimum absolute atomic E-state index is 0.0529. The van der Waals surface area contributed by atoms with Crippen molar-refractivity contribution in [3.8, 4) is 0 Å². The van der Waals surface area contributed by atoms with Gasteiger partial charge in [-0.2, -0.15) is 0 Å². The van der Waals surface area contributed by atoms with E-state index < -0.39 is 0 Å². The van der Waals surface area contributed by atoms with Crippen molar-refractivity contribution in [2.75, 3.05) is 12.4 Å². The summed E-state index contributed by atoms with van der Waals surface area (Å²) >= 11 is 0. The molecule has 0 aliphatic heterocycles. The predicted molar refractivity (Wildman–Crippen MR) is 87.8 cm³/mol. The van der Waals surface area contributed by atoms with Gasteiger partial charge in [0.15, 0.2) is 0 Å². The quantitative estimate of drug-likeness (QED) is 0.900. The summed E-state index contributed by atoms with van der Waals surface area (Å²) in [5.74, 6) is -0.0529. The zero-order valence-electron chi connectivity index (χ0n) is 13.1. The van der Waals surface area contributed by atoms with E-state index >= 15 is 0 Å². The first kappa shape index (κ1) is 15.1. The Morgan fingerprint density at radius 1 is 1.00 bits per heavy atom. The minimum atomic E-state index is -0.0529. The molecule has 2 rings (SSSR count). The van der Waals surface area contributed by atoms with Gasteiger partial charge in [-0.25, -0.2) is 0 Å². The summed E-state index contributed by atoms with van der Waals surface area (Å²) in [4.78, 5) is 11.8. The molecule has 0 fully saturated rings. The van der Waals surface area contributed by atoms with Crippen molar-refractivity contribution >= 4 is 11.6 Å². The summed E-state index contributed by atoms with van der Waals surface area (Å²) in [7, 11) is 1.65. The van der Waals surface area contributed by atoms with Crippen LogP contribution in [0, 0.1) is 20.8 Å². The molecule has 0 saturated carbocycles. The number of amides is 1. The molecular weight excluding hydrogens is 260 g/mol. The number of nitrogens with one attached hydrogen (secondary N) is 2. The summed E-state index contributed by atoms with van der Waals surface area (Å²) in [6.07, 6.45) is 0. The molecule has 0 aliphatic carbocycles. The monoisotopic (exact) mass is 282 g/mol. The van der Waals surface area contributed by atoms with E-state index in [0.29, 0.717) is 5.56 Å². The second kappa shape index (κ2) is 6.44. The standard InChI is InChI=1S/C18H22N2O/c1-12-7-5-8-15(13(12)2)11-20-17-10-6-9-16(14(17)3)18(21)19-4/h5-10,20H,11H2,1-4H3,(H,19,21). The molecule has 1 amide bonds. The molecule has 0 heterocycles. The molecule has 0 radical (unpaired) electrons. The third-order valence-electron chi connectivity index (χ3n) is 3.99. The van der Waals surface area contributed by atoms with Crippen molar-refractivity contribution in [2.45, 2.75) is 27.3 Å². The first-order valence-corrected chi connectivity index (χ1v) is 7.15. The Labute approximate surface area is 126 Å². The van der Waals surface area contributed by atoms with Crippen molar-refractivity contribution in [3.63, 3.8) is 0 Å². The molecule has 0 aromatic heterocycles. The number of anilines is 1. The van der Waals surface area contributed by atoms with E-state index in [9.17, 15) is 4.79 Å².